The van der Waals surface area contributed by atoms with Crippen molar-refractivity contribution in [3.8, 4) is 34.9 Å². The summed E-state index contributed by atoms with van der Waals surface area (Å²) in [6, 6.07) is 19.3. The molecule has 336 valence electrons. The number of nitriles is 2. The number of fused-ring (bicyclic) bond motifs is 2. The predicted octanol–water partition coefficient (Wildman–Crippen LogP) is 5.22. The molecule has 0 aliphatic carbocycles. The first-order valence-corrected chi connectivity index (χ1v) is 22.2. The van der Waals surface area contributed by atoms with Crippen LogP contribution in [0.15, 0.2) is 48.5 Å². The number of amides is 4. The van der Waals surface area contributed by atoms with E-state index in [0.29, 0.717) is 75.4 Å². The van der Waals surface area contributed by atoms with Crippen molar-refractivity contribution < 1.29 is 19.1 Å². The van der Waals surface area contributed by atoms with Crippen molar-refractivity contribution in [2.75, 3.05) is 86.1 Å². The zero-order valence-corrected chi connectivity index (χ0v) is 37.0. The van der Waals surface area contributed by atoms with E-state index in [2.05, 4.69) is 67.7 Å². The molecule has 2 fully saturated rings. The zero-order valence-electron chi connectivity index (χ0n) is 37.0. The van der Waals surface area contributed by atoms with E-state index in [-0.39, 0.29) is 36.2 Å². The number of benzene rings is 2. The van der Waals surface area contributed by atoms with Gasteiger partial charge in [-0.25, -0.2) is 29.5 Å². The molecule has 18 nitrogen and oxygen atoms in total. The highest BCUT2D eigenvalue weighted by Gasteiger charge is 2.32. The number of aromatic nitrogens is 4. The number of rotatable bonds is 10. The predicted molar refractivity (Wildman–Crippen MR) is 245 cm³/mol. The molecule has 2 saturated heterocycles. The van der Waals surface area contributed by atoms with Gasteiger partial charge in [-0.05, 0) is 89.1 Å². The van der Waals surface area contributed by atoms with Crippen LogP contribution < -0.4 is 41.7 Å². The molecule has 2 aromatic carbocycles. The second-order valence-corrected chi connectivity index (χ2v) is 16.1. The maximum Gasteiger partial charge on any atom is 0.319 e. The molecule has 4 aliphatic rings. The van der Waals surface area contributed by atoms with Crippen LogP contribution in [0, 0.1) is 22.7 Å². The Morgan fingerprint density at radius 1 is 0.672 bits per heavy atom. The Bertz CT molecular complexity index is 2170. The van der Waals surface area contributed by atoms with Gasteiger partial charge in [0.1, 0.15) is 11.6 Å². The van der Waals surface area contributed by atoms with Gasteiger partial charge in [-0.15, -0.1) is 0 Å². The molecule has 4 aliphatic heterocycles. The highest BCUT2D eigenvalue weighted by atomic mass is 16.5. The average molecular weight is 871 g/mol. The summed E-state index contributed by atoms with van der Waals surface area (Å²) in [6.07, 6.45) is 2.37. The van der Waals surface area contributed by atoms with Gasteiger partial charge in [0.25, 0.3) is 0 Å². The average Bonchev–Trinajstić information content (AvgIpc) is 3.30. The Morgan fingerprint density at radius 3 is 1.44 bits per heavy atom. The molecule has 2 aromatic heterocycles. The molecular formula is C46H58N14O4. The summed E-state index contributed by atoms with van der Waals surface area (Å²) in [6.45, 7) is 15.0. The van der Waals surface area contributed by atoms with E-state index < -0.39 is 0 Å². The van der Waals surface area contributed by atoms with E-state index in [4.69, 9.17) is 29.4 Å². The van der Waals surface area contributed by atoms with Gasteiger partial charge in [-0.2, -0.15) is 10.5 Å². The quantitative estimate of drug-likeness (QED) is 0.120. The monoisotopic (exact) mass is 870 g/mol. The van der Waals surface area contributed by atoms with Crippen LogP contribution >= 0.6 is 0 Å². The third kappa shape index (κ3) is 10.8. The van der Waals surface area contributed by atoms with Gasteiger partial charge < -0.3 is 51.2 Å². The van der Waals surface area contributed by atoms with Gasteiger partial charge in [0.05, 0.1) is 87.0 Å². The van der Waals surface area contributed by atoms with Crippen molar-refractivity contribution in [2.24, 2.45) is 0 Å². The molecule has 0 saturated carbocycles. The minimum absolute atomic E-state index is 0.112. The van der Waals surface area contributed by atoms with Crippen molar-refractivity contribution in [3.05, 3.63) is 71.0 Å². The standard InChI is InChI=1S/2C23H29N7O2/c2*1-3-25-23(31)27-17-6-4-16(5-7-17)21-28-20-18(9-11-26-19(20)8-10-24)22(29-21)30-12-13-32-14-15(30)2/h2*4-7,15,19,26H,3,8-9,11-14H2,1-2H3,(H2,25,27,31)/t2*15-,19?/m00/s1. The van der Waals surface area contributed by atoms with Gasteiger partial charge in [0.2, 0.25) is 0 Å². The molecule has 6 N–H and O–H groups in total. The van der Waals surface area contributed by atoms with E-state index in [1.165, 1.54) is 0 Å². The van der Waals surface area contributed by atoms with Crippen molar-refractivity contribution >= 4 is 35.1 Å². The van der Waals surface area contributed by atoms with Crippen LogP contribution in [0.2, 0.25) is 0 Å². The highest BCUT2D eigenvalue weighted by molar-refractivity contribution is 5.90. The molecule has 0 bridgehead atoms. The normalized spacial score (nSPS) is 20.2. The Morgan fingerprint density at radius 2 is 1.08 bits per heavy atom. The highest BCUT2D eigenvalue weighted by Crippen LogP contribution is 2.36. The van der Waals surface area contributed by atoms with Gasteiger partial charge in [-0.1, -0.05) is 0 Å². The first kappa shape index (κ1) is 45.6. The van der Waals surface area contributed by atoms with Crippen molar-refractivity contribution in [2.45, 2.75) is 77.5 Å². The Kier molecular flexibility index (Phi) is 15.5. The maximum absolute atomic E-state index is 11.8. The summed E-state index contributed by atoms with van der Waals surface area (Å²) in [4.78, 5) is 47.9. The number of nitrogens with one attached hydrogen (secondary N) is 6. The van der Waals surface area contributed by atoms with Crippen molar-refractivity contribution in [1.29, 1.82) is 10.5 Å². The summed E-state index contributed by atoms with van der Waals surface area (Å²) in [7, 11) is 0. The fourth-order valence-electron chi connectivity index (χ4n) is 8.38. The zero-order chi connectivity index (χ0) is 45.0. The number of morpholine rings is 2. The summed E-state index contributed by atoms with van der Waals surface area (Å²) >= 11 is 0. The van der Waals surface area contributed by atoms with Crippen LogP contribution in [0.1, 0.15) is 75.1 Å². The number of carbonyl (C=O) groups excluding carboxylic acids is 2. The number of hydrogen-bond donors (Lipinski definition) is 6. The van der Waals surface area contributed by atoms with Crippen LogP contribution in [-0.2, 0) is 22.3 Å². The summed E-state index contributed by atoms with van der Waals surface area (Å²) in [5, 5.41) is 36.6. The Labute approximate surface area is 374 Å². The molecule has 18 heteroatoms. The van der Waals surface area contributed by atoms with Crippen LogP contribution in [0.4, 0.5) is 32.6 Å². The number of nitrogens with zero attached hydrogens (tertiary/aromatic N) is 8. The first-order valence-electron chi connectivity index (χ1n) is 22.2. The number of urea groups is 2. The van der Waals surface area contributed by atoms with E-state index in [0.717, 1.165) is 84.3 Å². The third-order valence-electron chi connectivity index (χ3n) is 11.6. The van der Waals surface area contributed by atoms with Gasteiger partial charge >= 0.3 is 12.1 Å². The second kappa shape index (κ2) is 21.8. The number of ether oxygens (including phenoxy) is 2. The fraction of sp³-hybridized carbons (Fsp3) is 0.478. The third-order valence-corrected chi connectivity index (χ3v) is 11.6. The van der Waals surface area contributed by atoms with Gasteiger partial charge in [0.15, 0.2) is 11.6 Å². The molecule has 4 aromatic rings. The van der Waals surface area contributed by atoms with Gasteiger partial charge in [0, 0.05) is 72.9 Å². The summed E-state index contributed by atoms with van der Waals surface area (Å²) < 4.78 is 11.3. The lowest BCUT2D eigenvalue weighted by Gasteiger charge is -2.37. The Balaban J connectivity index is 0.000000191. The molecule has 0 radical (unpaired) electrons. The van der Waals surface area contributed by atoms with Gasteiger partial charge in [-0.3, -0.25) is 0 Å². The van der Waals surface area contributed by atoms with Crippen molar-refractivity contribution in [1.82, 2.24) is 41.2 Å². The second-order valence-electron chi connectivity index (χ2n) is 16.1. The fourth-order valence-corrected chi connectivity index (χ4v) is 8.38. The van der Waals surface area contributed by atoms with E-state index in [9.17, 15) is 20.1 Å². The van der Waals surface area contributed by atoms with Crippen molar-refractivity contribution in [3.63, 3.8) is 0 Å². The lowest BCUT2D eigenvalue weighted by Crippen LogP contribution is -2.45. The largest absolute Gasteiger partial charge is 0.377 e. The minimum Gasteiger partial charge on any atom is -0.377 e. The smallest absolute Gasteiger partial charge is 0.319 e. The SMILES string of the molecule is CCNC(=O)Nc1ccc(-c2nc3c(c(N4CCOC[C@@H]4C)n2)CCNC3CC#N)cc1.CCNC(=O)Nc1ccc(-c2nc3c(c(N4CCOC[C@@H]4C)n2)CCNC3CC#N)cc1. The maximum atomic E-state index is 11.8. The number of anilines is 4. The molecule has 4 amide bonds. The number of hydrogen-bond acceptors (Lipinski definition) is 14. The lowest BCUT2D eigenvalue weighted by atomic mass is 9.97. The lowest BCUT2D eigenvalue weighted by molar-refractivity contribution is 0.0983. The molecule has 0 spiro atoms. The minimum atomic E-state index is -0.237. The van der Waals surface area contributed by atoms with Crippen LogP contribution in [0.5, 0.6) is 0 Å². The van der Waals surface area contributed by atoms with E-state index in [1.54, 1.807) is 0 Å². The van der Waals surface area contributed by atoms with E-state index >= 15 is 0 Å². The molecule has 8 rings (SSSR count). The van der Waals surface area contributed by atoms with Crippen LogP contribution in [0.25, 0.3) is 22.8 Å². The molecule has 64 heavy (non-hydrogen) atoms. The topological polar surface area (TPSA) is 230 Å². The molecule has 2 unspecified atom stereocenters. The molecule has 6 heterocycles. The Hall–Kier alpha value is -6.44. The van der Waals surface area contributed by atoms with Crippen LogP contribution in [0.3, 0.4) is 0 Å². The number of carbonyl (C=O) groups is 2. The molecular weight excluding hydrogens is 813 g/mol. The first-order chi connectivity index (χ1) is 31.2. The van der Waals surface area contributed by atoms with Crippen LogP contribution in [-0.4, -0.2) is 110 Å². The van der Waals surface area contributed by atoms with E-state index in [1.807, 2.05) is 62.4 Å². The molecule has 4 atom stereocenters. The summed E-state index contributed by atoms with van der Waals surface area (Å²) in [5.74, 6) is 3.12. The summed E-state index contributed by atoms with van der Waals surface area (Å²) in [5.41, 5.74) is 7.16.